The molecular weight excluding hydrogens is 180 g/mol. The molecule has 3 heteroatoms. The molecule has 0 unspecified atom stereocenters. The highest BCUT2D eigenvalue weighted by atomic mass is 32.1. The summed E-state index contributed by atoms with van der Waals surface area (Å²) in [7, 11) is 0. The lowest BCUT2D eigenvalue weighted by Crippen LogP contribution is -1.80. The molecule has 0 aliphatic carbocycles. The van der Waals surface area contributed by atoms with Gasteiger partial charge in [0.2, 0.25) is 0 Å². The van der Waals surface area contributed by atoms with Crippen LogP contribution in [0.25, 0.3) is 21.8 Å². The fourth-order valence-electron chi connectivity index (χ4n) is 1.43. The molecule has 2 aromatic heterocycles. The van der Waals surface area contributed by atoms with E-state index in [9.17, 15) is 0 Å². The summed E-state index contributed by atoms with van der Waals surface area (Å²) in [5.41, 5.74) is 1.93. The minimum atomic E-state index is 0.966. The predicted octanol–water partition coefficient (Wildman–Crippen LogP) is 2.84. The van der Waals surface area contributed by atoms with Gasteiger partial charge in [0.1, 0.15) is 0 Å². The molecule has 0 radical (unpaired) electrons. The van der Waals surface area contributed by atoms with E-state index in [0.29, 0.717) is 0 Å². The van der Waals surface area contributed by atoms with Crippen LogP contribution in [0.4, 0.5) is 0 Å². The van der Waals surface area contributed by atoms with E-state index < -0.39 is 0 Å². The van der Waals surface area contributed by atoms with Crippen LogP contribution in [0.2, 0.25) is 0 Å². The average Bonchev–Trinajstić information content (AvgIpc) is 2.61. The van der Waals surface area contributed by atoms with E-state index in [2.05, 4.69) is 32.9 Å². The van der Waals surface area contributed by atoms with Gasteiger partial charge in [0, 0.05) is 12.4 Å². The highest BCUT2D eigenvalue weighted by molar-refractivity contribution is 7.09. The van der Waals surface area contributed by atoms with Crippen LogP contribution in [0.3, 0.4) is 0 Å². The second-order valence-corrected chi connectivity index (χ2v) is 3.64. The summed E-state index contributed by atoms with van der Waals surface area (Å²) in [6.07, 6.45) is 3.45. The Hall–Kier alpha value is -1.48. The number of nitrogens with zero attached hydrogens (tertiary/aromatic N) is 2. The molecule has 0 spiro atoms. The van der Waals surface area contributed by atoms with E-state index in [1.54, 1.807) is 23.7 Å². The predicted molar refractivity (Wildman–Crippen MR) is 54.9 cm³/mol. The Morgan fingerprint density at radius 2 is 1.38 bits per heavy atom. The summed E-state index contributed by atoms with van der Waals surface area (Å²) in [6.45, 7) is 0. The maximum atomic E-state index is 4.25. The van der Waals surface area contributed by atoms with Gasteiger partial charge < -0.3 is 0 Å². The third-order valence-corrected chi connectivity index (χ3v) is 2.84. The van der Waals surface area contributed by atoms with Gasteiger partial charge in [-0.15, -0.1) is 0 Å². The van der Waals surface area contributed by atoms with E-state index >= 15 is 0 Å². The minimum Gasteiger partial charge on any atom is -0.253 e. The Bertz CT molecular complexity index is 521. The van der Waals surface area contributed by atoms with Crippen molar-refractivity contribution < 1.29 is 0 Å². The van der Waals surface area contributed by atoms with Crippen molar-refractivity contribution in [3.8, 4) is 0 Å². The van der Waals surface area contributed by atoms with Gasteiger partial charge in [-0.05, 0) is 33.7 Å². The van der Waals surface area contributed by atoms with Gasteiger partial charge in [-0.25, -0.2) is 0 Å². The lowest BCUT2D eigenvalue weighted by molar-refractivity contribution is 1.30. The number of fused-ring (bicyclic) bond motifs is 2. The zero-order chi connectivity index (χ0) is 8.67. The average molecular weight is 186 g/mol. The summed E-state index contributed by atoms with van der Waals surface area (Å²) in [4.78, 5) is 8.51. The molecule has 0 saturated heterocycles. The van der Waals surface area contributed by atoms with Crippen molar-refractivity contribution in [2.24, 2.45) is 0 Å². The number of benzene rings is 1. The molecule has 13 heavy (non-hydrogen) atoms. The van der Waals surface area contributed by atoms with E-state index in [1.165, 1.54) is 10.8 Å². The molecule has 2 heterocycles. The number of aromatic nitrogens is 2. The zero-order valence-electron chi connectivity index (χ0n) is 6.77. The Morgan fingerprint density at radius 3 is 1.92 bits per heavy atom. The van der Waals surface area contributed by atoms with Crippen molar-refractivity contribution in [3.05, 3.63) is 35.3 Å². The molecule has 3 aromatic rings. The summed E-state index contributed by atoms with van der Waals surface area (Å²) < 4.78 is 0. The summed E-state index contributed by atoms with van der Waals surface area (Å²) in [6, 6.07) is 4.16. The first-order valence-corrected chi connectivity index (χ1v) is 4.94. The van der Waals surface area contributed by atoms with Gasteiger partial charge in [0.25, 0.3) is 0 Å². The van der Waals surface area contributed by atoms with Crippen LogP contribution in [-0.4, -0.2) is 9.97 Å². The standard InChI is InChI=1S/C10H6N2S/c1-2-12-10-4-8-6-13-5-7(8)3-9(10)11-1/h1-6H. The fraction of sp³-hybridized carbons (Fsp3) is 0. The molecule has 0 atom stereocenters. The number of thiophene rings is 1. The molecule has 0 amide bonds. The highest BCUT2D eigenvalue weighted by Crippen LogP contribution is 2.22. The smallest absolute Gasteiger partial charge is 0.0893 e. The summed E-state index contributed by atoms with van der Waals surface area (Å²) in [5.74, 6) is 0. The van der Waals surface area contributed by atoms with Crippen molar-refractivity contribution in [2.45, 2.75) is 0 Å². The van der Waals surface area contributed by atoms with Crippen LogP contribution in [0.5, 0.6) is 0 Å². The second-order valence-electron chi connectivity index (χ2n) is 2.90. The Balaban J connectivity index is 2.57. The van der Waals surface area contributed by atoms with Gasteiger partial charge >= 0.3 is 0 Å². The van der Waals surface area contributed by atoms with Crippen LogP contribution >= 0.6 is 11.3 Å². The topological polar surface area (TPSA) is 25.8 Å². The zero-order valence-corrected chi connectivity index (χ0v) is 7.58. The van der Waals surface area contributed by atoms with Crippen molar-refractivity contribution in [1.29, 1.82) is 0 Å². The van der Waals surface area contributed by atoms with Crippen LogP contribution < -0.4 is 0 Å². The number of rotatable bonds is 0. The number of hydrogen-bond donors (Lipinski definition) is 0. The fourth-order valence-corrected chi connectivity index (χ4v) is 2.20. The molecule has 0 N–H and O–H groups in total. The second kappa shape index (κ2) is 2.50. The van der Waals surface area contributed by atoms with Crippen molar-refractivity contribution in [3.63, 3.8) is 0 Å². The van der Waals surface area contributed by atoms with E-state index in [1.807, 2.05) is 0 Å². The molecule has 0 fully saturated rings. The summed E-state index contributed by atoms with van der Waals surface area (Å²) >= 11 is 1.71. The normalized spacial score (nSPS) is 11.1. The van der Waals surface area contributed by atoms with Crippen molar-refractivity contribution in [2.75, 3.05) is 0 Å². The first kappa shape index (κ1) is 6.97. The molecule has 3 rings (SSSR count). The molecule has 1 aromatic carbocycles. The molecule has 0 saturated carbocycles. The largest absolute Gasteiger partial charge is 0.253 e. The third-order valence-electron chi connectivity index (χ3n) is 2.06. The number of hydrogen-bond acceptors (Lipinski definition) is 3. The quantitative estimate of drug-likeness (QED) is 0.539. The van der Waals surface area contributed by atoms with E-state index in [0.717, 1.165) is 11.0 Å². The van der Waals surface area contributed by atoms with Crippen LogP contribution in [-0.2, 0) is 0 Å². The lowest BCUT2D eigenvalue weighted by atomic mass is 10.2. The Labute approximate surface area is 78.9 Å². The first-order chi connectivity index (χ1) is 6.43. The third kappa shape index (κ3) is 1.01. The SMILES string of the molecule is c1cnc2cc3cscc3cc2n1. The molecular formula is C10H6N2S. The van der Waals surface area contributed by atoms with E-state index in [-0.39, 0.29) is 0 Å². The lowest BCUT2D eigenvalue weighted by Gasteiger charge is -1.94. The van der Waals surface area contributed by atoms with Crippen LogP contribution in [0.15, 0.2) is 35.3 Å². The maximum absolute atomic E-state index is 4.25. The highest BCUT2D eigenvalue weighted by Gasteiger charge is 1.98. The van der Waals surface area contributed by atoms with Gasteiger partial charge in [-0.2, -0.15) is 11.3 Å². The molecule has 0 aliphatic rings. The molecule has 0 aliphatic heterocycles. The van der Waals surface area contributed by atoms with Gasteiger partial charge in [-0.3, -0.25) is 9.97 Å². The Kier molecular flexibility index (Phi) is 1.34. The molecule has 0 bridgehead atoms. The van der Waals surface area contributed by atoms with Crippen molar-refractivity contribution >= 4 is 33.1 Å². The molecule has 62 valence electrons. The molecule has 2 nitrogen and oxygen atoms in total. The monoisotopic (exact) mass is 186 g/mol. The van der Waals surface area contributed by atoms with Crippen LogP contribution in [0.1, 0.15) is 0 Å². The van der Waals surface area contributed by atoms with Crippen LogP contribution in [0, 0.1) is 0 Å². The van der Waals surface area contributed by atoms with Crippen molar-refractivity contribution in [1.82, 2.24) is 9.97 Å². The first-order valence-electron chi connectivity index (χ1n) is 4.00. The van der Waals surface area contributed by atoms with Gasteiger partial charge in [-0.1, -0.05) is 0 Å². The van der Waals surface area contributed by atoms with Gasteiger partial charge in [0.15, 0.2) is 0 Å². The maximum Gasteiger partial charge on any atom is 0.0893 e. The minimum absolute atomic E-state index is 0.966. The van der Waals surface area contributed by atoms with E-state index in [4.69, 9.17) is 0 Å². The van der Waals surface area contributed by atoms with Gasteiger partial charge in [0.05, 0.1) is 11.0 Å². The Morgan fingerprint density at radius 1 is 0.846 bits per heavy atom. The summed E-state index contributed by atoms with van der Waals surface area (Å²) in [5, 5.41) is 6.75.